The number of aryl methyl sites for hydroxylation is 1. The Kier molecular flexibility index (Phi) is 3.66. The third kappa shape index (κ3) is 2.38. The molecule has 0 saturated heterocycles. The van der Waals surface area contributed by atoms with Gasteiger partial charge in [-0.15, -0.1) is 11.3 Å². The Morgan fingerprint density at radius 2 is 2.22 bits per heavy atom. The second kappa shape index (κ2) is 5.22. The molecule has 0 bridgehead atoms. The van der Waals surface area contributed by atoms with Gasteiger partial charge >= 0.3 is 5.97 Å². The Balaban J connectivity index is 2.19. The minimum absolute atomic E-state index is 0.171. The van der Waals surface area contributed by atoms with E-state index in [0.29, 0.717) is 12.4 Å². The van der Waals surface area contributed by atoms with Gasteiger partial charge in [0.1, 0.15) is 5.82 Å². The van der Waals surface area contributed by atoms with E-state index >= 15 is 0 Å². The average molecular weight is 265 g/mol. The van der Waals surface area contributed by atoms with Crippen molar-refractivity contribution in [1.29, 1.82) is 0 Å². The fraction of sp³-hybridized carbons (Fsp3) is 0.333. The van der Waals surface area contributed by atoms with E-state index in [2.05, 4.69) is 28.8 Å². The second-order valence-corrected chi connectivity index (χ2v) is 5.07. The third-order valence-corrected chi connectivity index (χ3v) is 3.86. The molecule has 0 atom stereocenters. The third-order valence-electron chi connectivity index (χ3n) is 2.65. The monoisotopic (exact) mass is 265 g/mol. The smallest absolute Gasteiger partial charge is 0.360 e. The Bertz CT molecular complexity index is 559. The molecule has 2 aromatic heterocycles. The summed E-state index contributed by atoms with van der Waals surface area (Å²) < 4.78 is 6.36. The van der Waals surface area contributed by atoms with Crippen molar-refractivity contribution in [2.45, 2.75) is 19.9 Å². The molecule has 2 heterocycles. The molecule has 2 rings (SSSR count). The number of thiophene rings is 1. The van der Waals surface area contributed by atoms with E-state index in [4.69, 9.17) is 5.73 Å². The van der Waals surface area contributed by atoms with E-state index in [0.717, 1.165) is 6.42 Å². The second-order valence-electron chi connectivity index (χ2n) is 3.82. The number of rotatable bonds is 4. The largest absolute Gasteiger partial charge is 0.464 e. The molecular weight excluding hydrogens is 250 g/mol. The molecular formula is C12H15N3O2S. The van der Waals surface area contributed by atoms with Crippen LogP contribution >= 0.6 is 11.3 Å². The van der Waals surface area contributed by atoms with E-state index in [1.165, 1.54) is 16.9 Å². The number of ether oxygens (including phenoxy) is 1. The lowest BCUT2D eigenvalue weighted by Gasteiger charge is -2.03. The quantitative estimate of drug-likeness (QED) is 0.857. The van der Waals surface area contributed by atoms with Gasteiger partial charge in [-0.1, -0.05) is 6.92 Å². The molecule has 0 aromatic carbocycles. The minimum atomic E-state index is -0.508. The topological polar surface area (TPSA) is 70.1 Å². The van der Waals surface area contributed by atoms with Gasteiger partial charge in [0, 0.05) is 9.75 Å². The zero-order valence-electron chi connectivity index (χ0n) is 10.3. The van der Waals surface area contributed by atoms with E-state index in [-0.39, 0.29) is 5.69 Å². The Labute approximate surface area is 109 Å². The molecule has 0 radical (unpaired) electrons. The summed E-state index contributed by atoms with van der Waals surface area (Å²) in [6, 6.07) is 4.18. The van der Waals surface area contributed by atoms with Gasteiger partial charge in [0.05, 0.1) is 20.0 Å². The fourth-order valence-electron chi connectivity index (χ4n) is 1.64. The van der Waals surface area contributed by atoms with Gasteiger partial charge in [-0.3, -0.25) is 0 Å². The summed E-state index contributed by atoms with van der Waals surface area (Å²) in [5, 5.41) is 0. The maximum Gasteiger partial charge on any atom is 0.360 e. The van der Waals surface area contributed by atoms with E-state index < -0.39 is 5.97 Å². The molecule has 2 aromatic rings. The van der Waals surface area contributed by atoms with Crippen molar-refractivity contribution in [1.82, 2.24) is 9.55 Å². The van der Waals surface area contributed by atoms with Crippen LogP contribution in [0.2, 0.25) is 0 Å². The Morgan fingerprint density at radius 3 is 2.83 bits per heavy atom. The lowest BCUT2D eigenvalue weighted by Crippen LogP contribution is -2.08. The number of carbonyl (C=O) groups is 1. The summed E-state index contributed by atoms with van der Waals surface area (Å²) in [4.78, 5) is 17.9. The van der Waals surface area contributed by atoms with E-state index in [1.54, 1.807) is 22.2 Å². The lowest BCUT2D eigenvalue weighted by molar-refractivity contribution is 0.0596. The highest BCUT2D eigenvalue weighted by molar-refractivity contribution is 7.11. The van der Waals surface area contributed by atoms with Gasteiger partial charge in [0.25, 0.3) is 0 Å². The number of nitrogens with zero attached hydrogens (tertiary/aromatic N) is 2. The first kappa shape index (κ1) is 12.6. The van der Waals surface area contributed by atoms with Crippen LogP contribution in [0.5, 0.6) is 0 Å². The highest BCUT2D eigenvalue weighted by Crippen LogP contribution is 2.20. The number of imidazole rings is 1. The summed E-state index contributed by atoms with van der Waals surface area (Å²) in [6.45, 7) is 2.75. The number of hydrogen-bond acceptors (Lipinski definition) is 5. The van der Waals surface area contributed by atoms with Crippen LogP contribution in [0.3, 0.4) is 0 Å². The number of aromatic nitrogens is 2. The number of anilines is 1. The van der Waals surface area contributed by atoms with Gasteiger partial charge < -0.3 is 15.0 Å². The number of nitrogen functional groups attached to an aromatic ring is 1. The van der Waals surface area contributed by atoms with Crippen molar-refractivity contribution < 1.29 is 9.53 Å². The highest BCUT2D eigenvalue weighted by Gasteiger charge is 2.16. The van der Waals surface area contributed by atoms with Crippen molar-refractivity contribution in [3.05, 3.63) is 33.9 Å². The van der Waals surface area contributed by atoms with Gasteiger partial charge in [-0.25, -0.2) is 9.78 Å². The summed E-state index contributed by atoms with van der Waals surface area (Å²) >= 11 is 1.74. The summed E-state index contributed by atoms with van der Waals surface area (Å²) in [7, 11) is 1.31. The van der Waals surface area contributed by atoms with Crippen LogP contribution in [-0.4, -0.2) is 22.6 Å². The van der Waals surface area contributed by atoms with E-state index in [9.17, 15) is 4.79 Å². The Morgan fingerprint density at radius 1 is 1.50 bits per heavy atom. The SMILES string of the molecule is CCc1ccc(Cn2cnc(C(=O)OC)c2N)s1. The molecule has 0 aliphatic rings. The highest BCUT2D eigenvalue weighted by atomic mass is 32.1. The maximum atomic E-state index is 11.4. The number of nitrogens with two attached hydrogens (primary N) is 1. The zero-order chi connectivity index (χ0) is 13.1. The van der Waals surface area contributed by atoms with Crippen LogP contribution in [0.15, 0.2) is 18.5 Å². The molecule has 0 aliphatic heterocycles. The van der Waals surface area contributed by atoms with Crippen molar-refractivity contribution >= 4 is 23.1 Å². The summed E-state index contributed by atoms with van der Waals surface area (Å²) in [5.74, 6) is -0.167. The van der Waals surface area contributed by atoms with Crippen LogP contribution in [-0.2, 0) is 17.7 Å². The van der Waals surface area contributed by atoms with Crippen LogP contribution < -0.4 is 5.73 Å². The number of carbonyl (C=O) groups excluding carboxylic acids is 1. The average Bonchev–Trinajstić information content (AvgIpc) is 2.97. The molecule has 6 heteroatoms. The van der Waals surface area contributed by atoms with E-state index in [1.807, 2.05) is 0 Å². The van der Waals surface area contributed by atoms with Crippen molar-refractivity contribution in [3.63, 3.8) is 0 Å². The standard InChI is InChI=1S/C12H15N3O2S/c1-3-8-4-5-9(18-8)6-15-7-14-10(11(15)13)12(16)17-2/h4-5,7H,3,6,13H2,1-2H3. The summed E-state index contributed by atoms with van der Waals surface area (Å²) in [6.07, 6.45) is 2.59. The zero-order valence-corrected chi connectivity index (χ0v) is 11.2. The minimum Gasteiger partial charge on any atom is -0.464 e. The normalized spacial score (nSPS) is 10.6. The molecule has 0 fully saturated rings. The van der Waals surface area contributed by atoms with Crippen molar-refractivity contribution in [2.24, 2.45) is 0 Å². The fourth-order valence-corrected chi connectivity index (χ4v) is 2.59. The molecule has 0 aliphatic carbocycles. The Hall–Kier alpha value is -1.82. The lowest BCUT2D eigenvalue weighted by atomic mass is 10.3. The van der Waals surface area contributed by atoms with Crippen LogP contribution in [0, 0.1) is 0 Å². The number of hydrogen-bond donors (Lipinski definition) is 1. The summed E-state index contributed by atoms with van der Waals surface area (Å²) in [5.41, 5.74) is 6.04. The van der Waals surface area contributed by atoms with Crippen LogP contribution in [0.4, 0.5) is 5.82 Å². The van der Waals surface area contributed by atoms with Gasteiger partial charge in [0.2, 0.25) is 0 Å². The first-order chi connectivity index (χ1) is 8.65. The van der Waals surface area contributed by atoms with Crippen LogP contribution in [0.25, 0.3) is 0 Å². The number of methoxy groups -OCH3 is 1. The van der Waals surface area contributed by atoms with Crippen LogP contribution in [0.1, 0.15) is 27.2 Å². The van der Waals surface area contributed by atoms with Crippen molar-refractivity contribution in [2.75, 3.05) is 12.8 Å². The van der Waals surface area contributed by atoms with Gasteiger partial charge in [0.15, 0.2) is 5.69 Å². The molecule has 0 amide bonds. The maximum absolute atomic E-state index is 11.4. The molecule has 2 N–H and O–H groups in total. The molecule has 18 heavy (non-hydrogen) atoms. The molecule has 5 nitrogen and oxygen atoms in total. The van der Waals surface area contributed by atoms with Crippen molar-refractivity contribution in [3.8, 4) is 0 Å². The predicted molar refractivity (Wildman–Crippen MR) is 70.8 cm³/mol. The molecule has 0 unspecified atom stereocenters. The molecule has 0 spiro atoms. The van der Waals surface area contributed by atoms with Gasteiger partial charge in [-0.2, -0.15) is 0 Å². The number of esters is 1. The first-order valence-electron chi connectivity index (χ1n) is 5.62. The molecule has 96 valence electrons. The van der Waals surface area contributed by atoms with Gasteiger partial charge in [-0.05, 0) is 18.6 Å². The first-order valence-corrected chi connectivity index (χ1v) is 6.43. The predicted octanol–water partition coefficient (Wildman–Crippen LogP) is 1.92. The molecule has 0 saturated carbocycles.